The Balaban J connectivity index is 1.38. The largest absolute Gasteiger partial charge is 0.508 e. The molecule has 1 unspecified atom stereocenters. The smallest absolute Gasteiger partial charge is 0.319 e. The van der Waals surface area contributed by atoms with Gasteiger partial charge in [0.05, 0.1) is 16.5 Å². The first-order valence-electron chi connectivity index (χ1n) is 15.4. The summed E-state index contributed by atoms with van der Waals surface area (Å²) >= 11 is 0. The Morgan fingerprint density at radius 3 is 2.73 bits per heavy atom. The summed E-state index contributed by atoms with van der Waals surface area (Å²) in [6.45, 7) is 10.9. The summed E-state index contributed by atoms with van der Waals surface area (Å²) in [7, 11) is 0. The van der Waals surface area contributed by atoms with Crippen LogP contribution in [0, 0.1) is 11.6 Å². The van der Waals surface area contributed by atoms with E-state index in [-0.39, 0.29) is 34.1 Å². The number of piperidine rings is 1. The van der Waals surface area contributed by atoms with Gasteiger partial charge in [-0.2, -0.15) is 9.97 Å². The lowest BCUT2D eigenvalue weighted by Crippen LogP contribution is -2.46. The maximum Gasteiger partial charge on any atom is 0.319 e. The van der Waals surface area contributed by atoms with Crippen molar-refractivity contribution in [3.8, 4) is 23.0 Å². The maximum absolute atomic E-state index is 16.8. The van der Waals surface area contributed by atoms with Gasteiger partial charge in [0.15, 0.2) is 5.82 Å². The summed E-state index contributed by atoms with van der Waals surface area (Å²) in [5.41, 5.74) is 0.733. The fraction of sp³-hybridized carbons (Fsp3) is 0.441. The second kappa shape index (κ2) is 10.6. The average molecular weight is 602 g/mol. The average Bonchev–Trinajstić information content (AvgIpc) is 3.51. The number of aryl methyl sites for hydroxylation is 1. The number of rotatable bonds is 6. The summed E-state index contributed by atoms with van der Waals surface area (Å²) in [6.07, 6.45) is 6.18. The van der Waals surface area contributed by atoms with E-state index in [1.54, 1.807) is 13.0 Å². The van der Waals surface area contributed by atoms with E-state index < -0.39 is 17.2 Å². The first-order chi connectivity index (χ1) is 21.1. The van der Waals surface area contributed by atoms with Crippen molar-refractivity contribution in [2.45, 2.75) is 63.5 Å². The summed E-state index contributed by atoms with van der Waals surface area (Å²) in [4.78, 5) is 18.2. The van der Waals surface area contributed by atoms with E-state index in [1.165, 1.54) is 30.0 Å². The SMILES string of the molecule is C=C1CN2CCCC2(COc2nc(N3CCC[C@@](C)(O)C3)c3cnc(-c4cc(O)cc5ccc(F)c(CC)c45)c(F)c3n2)C1. The highest BCUT2D eigenvalue weighted by Gasteiger charge is 2.46. The highest BCUT2D eigenvalue weighted by Crippen LogP contribution is 2.42. The number of anilines is 1. The number of halogens is 2. The van der Waals surface area contributed by atoms with Crippen LogP contribution in [-0.4, -0.2) is 74.0 Å². The molecular weight excluding hydrogens is 564 g/mol. The number of aliphatic hydroxyl groups is 1. The number of fused-ring (bicyclic) bond motifs is 3. The van der Waals surface area contributed by atoms with Crippen LogP contribution in [0.25, 0.3) is 32.9 Å². The van der Waals surface area contributed by atoms with Gasteiger partial charge in [0.2, 0.25) is 0 Å². The summed E-state index contributed by atoms with van der Waals surface area (Å²) in [5, 5.41) is 22.9. The van der Waals surface area contributed by atoms with Crippen LogP contribution in [0.4, 0.5) is 14.6 Å². The zero-order valence-corrected chi connectivity index (χ0v) is 25.2. The molecule has 0 bridgehead atoms. The van der Waals surface area contributed by atoms with Gasteiger partial charge in [0.1, 0.15) is 35.2 Å². The van der Waals surface area contributed by atoms with E-state index in [2.05, 4.69) is 21.4 Å². The van der Waals surface area contributed by atoms with Crippen LogP contribution in [0.2, 0.25) is 0 Å². The molecule has 0 amide bonds. The zero-order chi connectivity index (χ0) is 30.8. The Labute approximate surface area is 255 Å². The van der Waals surface area contributed by atoms with Gasteiger partial charge in [-0.1, -0.05) is 25.1 Å². The number of β-amino-alcohol motifs (C(OH)–C–C–N with tert-alkyl or cyclic N) is 1. The molecule has 3 saturated heterocycles. The van der Waals surface area contributed by atoms with E-state index in [4.69, 9.17) is 9.72 Å². The van der Waals surface area contributed by atoms with Crippen LogP contribution in [-0.2, 0) is 6.42 Å². The van der Waals surface area contributed by atoms with Gasteiger partial charge < -0.3 is 19.8 Å². The van der Waals surface area contributed by atoms with E-state index in [1.807, 2.05) is 11.8 Å². The summed E-state index contributed by atoms with van der Waals surface area (Å²) < 4.78 is 38.0. The van der Waals surface area contributed by atoms with Crippen LogP contribution in [0.1, 0.15) is 51.5 Å². The zero-order valence-electron chi connectivity index (χ0n) is 25.2. The Kier molecular flexibility index (Phi) is 6.97. The highest BCUT2D eigenvalue weighted by molar-refractivity contribution is 6.01. The lowest BCUT2D eigenvalue weighted by atomic mass is 9.94. The van der Waals surface area contributed by atoms with Crippen molar-refractivity contribution in [1.82, 2.24) is 19.9 Å². The molecule has 10 heteroatoms. The number of aromatic hydroxyl groups is 1. The molecule has 0 radical (unpaired) electrons. The third kappa shape index (κ3) is 4.84. The minimum atomic E-state index is -0.933. The van der Waals surface area contributed by atoms with E-state index >= 15 is 4.39 Å². The monoisotopic (exact) mass is 601 g/mol. The lowest BCUT2D eigenvalue weighted by molar-refractivity contribution is 0.0447. The Morgan fingerprint density at radius 1 is 1.11 bits per heavy atom. The number of pyridine rings is 1. The van der Waals surface area contributed by atoms with Gasteiger partial charge in [0, 0.05) is 31.4 Å². The number of hydrogen-bond donors (Lipinski definition) is 2. The second-order valence-electron chi connectivity index (χ2n) is 13.0. The lowest BCUT2D eigenvalue weighted by Gasteiger charge is -2.38. The van der Waals surface area contributed by atoms with Crippen LogP contribution in [0.15, 0.2) is 42.6 Å². The molecule has 2 aromatic carbocycles. The molecule has 0 aliphatic carbocycles. The van der Waals surface area contributed by atoms with Gasteiger partial charge in [-0.25, -0.2) is 8.78 Å². The van der Waals surface area contributed by atoms with Crippen LogP contribution >= 0.6 is 0 Å². The van der Waals surface area contributed by atoms with Gasteiger partial charge in [0.25, 0.3) is 0 Å². The third-order valence-electron chi connectivity index (χ3n) is 9.58. The molecular formula is C34H37F2N5O3. The van der Waals surface area contributed by atoms with Crippen molar-refractivity contribution < 1.29 is 23.7 Å². The minimum absolute atomic E-state index is 0.0165. The van der Waals surface area contributed by atoms with Crippen LogP contribution in [0.5, 0.6) is 11.8 Å². The van der Waals surface area contributed by atoms with Crippen molar-refractivity contribution in [1.29, 1.82) is 0 Å². The van der Waals surface area contributed by atoms with Gasteiger partial charge in [-0.05, 0) is 86.5 Å². The van der Waals surface area contributed by atoms with E-state index in [0.717, 1.165) is 38.8 Å². The Morgan fingerprint density at radius 2 is 1.93 bits per heavy atom. The van der Waals surface area contributed by atoms with Crippen molar-refractivity contribution in [3.05, 3.63) is 59.8 Å². The number of ether oxygens (including phenoxy) is 1. The molecule has 2 N–H and O–H groups in total. The molecule has 3 aliphatic rings. The van der Waals surface area contributed by atoms with E-state index in [9.17, 15) is 14.6 Å². The summed E-state index contributed by atoms with van der Waals surface area (Å²) in [5.74, 6) is -0.752. The highest BCUT2D eigenvalue weighted by atomic mass is 19.1. The van der Waals surface area contributed by atoms with Crippen molar-refractivity contribution in [2.75, 3.05) is 37.7 Å². The van der Waals surface area contributed by atoms with Crippen molar-refractivity contribution in [3.63, 3.8) is 0 Å². The van der Waals surface area contributed by atoms with Gasteiger partial charge >= 0.3 is 6.01 Å². The number of phenols is 1. The molecule has 3 fully saturated rings. The molecule has 2 atom stereocenters. The van der Waals surface area contributed by atoms with Crippen molar-refractivity contribution in [2.24, 2.45) is 0 Å². The fourth-order valence-electron chi connectivity index (χ4n) is 7.59. The molecule has 0 spiro atoms. The first-order valence-corrected chi connectivity index (χ1v) is 15.4. The molecule has 3 aliphatic heterocycles. The number of benzene rings is 2. The minimum Gasteiger partial charge on any atom is -0.508 e. The Bertz CT molecular complexity index is 1810. The number of hydrogen-bond acceptors (Lipinski definition) is 8. The summed E-state index contributed by atoms with van der Waals surface area (Å²) in [6, 6.07) is 5.93. The molecule has 2 aromatic heterocycles. The molecule has 5 heterocycles. The van der Waals surface area contributed by atoms with Crippen LogP contribution < -0.4 is 9.64 Å². The molecule has 4 aromatic rings. The number of aromatic nitrogens is 3. The number of nitrogens with zero attached hydrogens (tertiary/aromatic N) is 5. The molecule has 0 saturated carbocycles. The molecule has 44 heavy (non-hydrogen) atoms. The predicted octanol–water partition coefficient (Wildman–Crippen LogP) is 5.92. The number of phenolic OH excluding ortho intramolecular Hbond substituents is 1. The van der Waals surface area contributed by atoms with Crippen LogP contribution in [0.3, 0.4) is 0 Å². The normalized spacial score (nSPS) is 24.0. The Hall–Kier alpha value is -3.89. The fourth-order valence-corrected chi connectivity index (χ4v) is 7.59. The molecule has 230 valence electrons. The maximum atomic E-state index is 16.8. The molecule has 8 nitrogen and oxygen atoms in total. The third-order valence-corrected chi connectivity index (χ3v) is 9.58. The van der Waals surface area contributed by atoms with Gasteiger partial charge in [-0.3, -0.25) is 9.88 Å². The topological polar surface area (TPSA) is 94.8 Å². The standard InChI is InChI=1S/C34H37F2N5O3/c1-4-23-26(35)8-7-21-13-22(42)14-24(27(21)23)29-28(36)30-25(16-37-29)31(40-11-5-9-33(3,43)18-40)39-32(38-30)44-19-34-10-6-12-41(34)17-20(2)15-34/h7-8,13-14,16,42-43H,2,4-6,9-12,15,17-19H2,1,3H3/t33-,34?/m1/s1. The predicted molar refractivity (Wildman–Crippen MR) is 166 cm³/mol. The quantitative estimate of drug-likeness (QED) is 0.263. The molecule has 7 rings (SSSR count). The van der Waals surface area contributed by atoms with E-state index in [0.29, 0.717) is 60.1 Å². The second-order valence-corrected chi connectivity index (χ2v) is 13.0. The van der Waals surface area contributed by atoms with Gasteiger partial charge in [-0.15, -0.1) is 0 Å². The first kappa shape index (κ1) is 28.9. The van der Waals surface area contributed by atoms with Crippen molar-refractivity contribution >= 4 is 27.5 Å².